The number of hydrogen-bond donors (Lipinski definition) is 0. The molecule has 0 amide bonds. The number of hydrogen-bond acceptors (Lipinski definition) is 5. The Morgan fingerprint density at radius 1 is 1.38 bits per heavy atom. The Morgan fingerprint density at radius 2 is 2.00 bits per heavy atom. The van der Waals surface area contributed by atoms with Crippen molar-refractivity contribution in [3.05, 3.63) is 39.9 Å². The summed E-state index contributed by atoms with van der Waals surface area (Å²) in [4.78, 5) is 24.8. The van der Waals surface area contributed by atoms with E-state index in [0.717, 1.165) is 0 Å². The Labute approximate surface area is 98.2 Å². The Hall–Kier alpha value is -1.76. The Bertz CT molecular complexity index is 483. The number of non-ortho nitro benzene ring substituents is 1. The summed E-state index contributed by atoms with van der Waals surface area (Å²) in [5, 5.41) is 14.0. The predicted octanol–water partition coefficient (Wildman–Crippen LogP) is 1.62. The SMILES string of the molecule is O=C1ON=C(c2ccc([N+](=O)[O-])cc2)C1Br. The number of alkyl halides is 1. The zero-order valence-corrected chi connectivity index (χ0v) is 9.38. The molecule has 16 heavy (non-hydrogen) atoms. The monoisotopic (exact) mass is 284 g/mol. The van der Waals surface area contributed by atoms with Crippen LogP contribution in [0.5, 0.6) is 0 Å². The van der Waals surface area contributed by atoms with Gasteiger partial charge in [0.2, 0.25) is 0 Å². The third kappa shape index (κ3) is 1.81. The minimum atomic E-state index is -0.617. The van der Waals surface area contributed by atoms with Crippen molar-refractivity contribution in [1.29, 1.82) is 0 Å². The van der Waals surface area contributed by atoms with Crippen LogP contribution in [0.25, 0.3) is 0 Å². The number of nitrogens with zero attached hydrogens (tertiary/aromatic N) is 2. The first-order valence-corrected chi connectivity index (χ1v) is 5.19. The van der Waals surface area contributed by atoms with Gasteiger partial charge in [0.25, 0.3) is 5.69 Å². The lowest BCUT2D eigenvalue weighted by molar-refractivity contribution is -0.384. The zero-order valence-electron chi connectivity index (χ0n) is 7.79. The molecule has 6 nitrogen and oxygen atoms in total. The maximum absolute atomic E-state index is 11.0. The zero-order chi connectivity index (χ0) is 11.7. The topological polar surface area (TPSA) is 81.8 Å². The van der Waals surface area contributed by atoms with Gasteiger partial charge in [0.05, 0.1) is 4.92 Å². The number of carbonyl (C=O) groups excluding carboxylic acids is 1. The highest BCUT2D eigenvalue weighted by Crippen LogP contribution is 2.20. The molecular formula is C9H5BrN2O4. The number of benzene rings is 1. The van der Waals surface area contributed by atoms with Gasteiger partial charge in [-0.05, 0) is 12.1 Å². The fourth-order valence-electron chi connectivity index (χ4n) is 1.25. The van der Waals surface area contributed by atoms with Crippen molar-refractivity contribution in [3.8, 4) is 0 Å². The minimum Gasteiger partial charge on any atom is -0.316 e. The van der Waals surface area contributed by atoms with Gasteiger partial charge in [-0.15, -0.1) is 0 Å². The number of oxime groups is 1. The number of rotatable bonds is 2. The van der Waals surface area contributed by atoms with Crippen molar-refractivity contribution in [2.45, 2.75) is 4.83 Å². The molecule has 7 heteroatoms. The fraction of sp³-hybridized carbons (Fsp3) is 0.111. The molecule has 0 spiro atoms. The molecule has 1 heterocycles. The molecule has 1 aliphatic rings. The van der Waals surface area contributed by atoms with E-state index >= 15 is 0 Å². The molecule has 82 valence electrons. The minimum absolute atomic E-state index is 0.0132. The van der Waals surface area contributed by atoms with Gasteiger partial charge in [-0.25, -0.2) is 4.79 Å². The Balaban J connectivity index is 2.29. The summed E-state index contributed by atoms with van der Waals surface area (Å²) in [7, 11) is 0. The maximum Gasteiger partial charge on any atom is 0.354 e. The molecule has 1 atom stereocenters. The summed E-state index contributed by atoms with van der Waals surface area (Å²) < 4.78 is 0. The van der Waals surface area contributed by atoms with E-state index in [1.165, 1.54) is 24.3 Å². The second kappa shape index (κ2) is 4.01. The van der Waals surface area contributed by atoms with Crippen LogP contribution >= 0.6 is 15.9 Å². The fourth-order valence-corrected chi connectivity index (χ4v) is 1.68. The van der Waals surface area contributed by atoms with E-state index in [-0.39, 0.29) is 5.69 Å². The molecule has 0 aliphatic carbocycles. The average Bonchev–Trinajstić information content (AvgIpc) is 2.60. The van der Waals surface area contributed by atoms with E-state index in [0.29, 0.717) is 11.3 Å². The first kappa shape index (κ1) is 10.7. The van der Waals surface area contributed by atoms with Gasteiger partial charge in [-0.3, -0.25) is 10.1 Å². The van der Waals surface area contributed by atoms with Crippen LogP contribution in [0, 0.1) is 10.1 Å². The average molecular weight is 285 g/mol. The van der Waals surface area contributed by atoms with Gasteiger partial charge in [0, 0.05) is 17.7 Å². The van der Waals surface area contributed by atoms with Crippen LogP contribution < -0.4 is 0 Å². The standard InChI is InChI=1S/C9H5BrN2O4/c10-7-8(11-16-9(7)13)5-1-3-6(4-2-5)12(14)15/h1-4,7H. The van der Waals surface area contributed by atoms with Crippen LogP contribution in [0.2, 0.25) is 0 Å². The largest absolute Gasteiger partial charge is 0.354 e. The molecule has 0 saturated heterocycles. The van der Waals surface area contributed by atoms with Crippen LogP contribution in [0.15, 0.2) is 29.4 Å². The summed E-state index contributed by atoms with van der Waals surface area (Å²) in [5.74, 6) is -0.492. The molecule has 0 bridgehead atoms. The summed E-state index contributed by atoms with van der Waals surface area (Å²) in [6.07, 6.45) is 0. The molecule has 0 N–H and O–H groups in total. The van der Waals surface area contributed by atoms with Gasteiger partial charge in [0.1, 0.15) is 5.71 Å². The van der Waals surface area contributed by atoms with E-state index in [1.807, 2.05) is 0 Å². The normalized spacial score (nSPS) is 19.2. The molecule has 0 fully saturated rings. The van der Waals surface area contributed by atoms with Crippen molar-refractivity contribution in [2.75, 3.05) is 0 Å². The molecule has 1 unspecified atom stereocenters. The molecular weight excluding hydrogens is 280 g/mol. The maximum atomic E-state index is 11.0. The highest BCUT2D eigenvalue weighted by Gasteiger charge is 2.31. The van der Waals surface area contributed by atoms with Crippen molar-refractivity contribution in [3.63, 3.8) is 0 Å². The highest BCUT2D eigenvalue weighted by molar-refractivity contribution is 9.10. The van der Waals surface area contributed by atoms with Crippen molar-refractivity contribution in [1.82, 2.24) is 0 Å². The van der Waals surface area contributed by atoms with E-state index < -0.39 is 15.7 Å². The van der Waals surface area contributed by atoms with Crippen LogP contribution in [0.1, 0.15) is 5.56 Å². The molecule has 0 radical (unpaired) electrons. The van der Waals surface area contributed by atoms with Gasteiger partial charge >= 0.3 is 5.97 Å². The molecule has 1 aromatic rings. The number of nitro benzene ring substituents is 1. The highest BCUT2D eigenvalue weighted by atomic mass is 79.9. The van der Waals surface area contributed by atoms with Crippen molar-refractivity contribution in [2.24, 2.45) is 5.16 Å². The summed E-state index contributed by atoms with van der Waals surface area (Å²) in [6.45, 7) is 0. The molecule has 0 saturated carbocycles. The summed E-state index contributed by atoms with van der Waals surface area (Å²) >= 11 is 3.12. The lowest BCUT2D eigenvalue weighted by atomic mass is 10.1. The second-order valence-corrected chi connectivity index (χ2v) is 3.97. The molecule has 0 aromatic heterocycles. The molecule has 1 aliphatic heterocycles. The van der Waals surface area contributed by atoms with Crippen LogP contribution in [-0.2, 0) is 9.63 Å². The van der Waals surface area contributed by atoms with E-state index in [2.05, 4.69) is 25.9 Å². The quantitative estimate of drug-likeness (QED) is 0.358. The van der Waals surface area contributed by atoms with Gasteiger partial charge in [0.15, 0.2) is 4.83 Å². The summed E-state index contributed by atoms with van der Waals surface area (Å²) in [6, 6.07) is 5.74. The third-order valence-electron chi connectivity index (χ3n) is 2.05. The van der Waals surface area contributed by atoms with Crippen LogP contribution in [0.4, 0.5) is 5.69 Å². The van der Waals surface area contributed by atoms with E-state index in [1.54, 1.807) is 0 Å². The van der Waals surface area contributed by atoms with Crippen molar-refractivity contribution < 1.29 is 14.6 Å². The van der Waals surface area contributed by atoms with Crippen LogP contribution in [0.3, 0.4) is 0 Å². The lowest BCUT2D eigenvalue weighted by Gasteiger charge is -2.00. The smallest absolute Gasteiger partial charge is 0.316 e. The molecule has 2 rings (SSSR count). The molecule has 1 aromatic carbocycles. The first-order valence-electron chi connectivity index (χ1n) is 4.27. The van der Waals surface area contributed by atoms with Gasteiger partial charge < -0.3 is 4.84 Å². The number of nitro groups is 1. The second-order valence-electron chi connectivity index (χ2n) is 3.05. The Morgan fingerprint density at radius 3 is 2.44 bits per heavy atom. The Kier molecular flexibility index (Phi) is 2.69. The first-order chi connectivity index (χ1) is 7.59. The summed E-state index contributed by atoms with van der Waals surface area (Å²) in [5.41, 5.74) is 1.01. The third-order valence-corrected chi connectivity index (χ3v) is 2.86. The lowest BCUT2D eigenvalue weighted by Crippen LogP contribution is -2.18. The number of halogens is 1. The van der Waals surface area contributed by atoms with E-state index in [4.69, 9.17) is 0 Å². The van der Waals surface area contributed by atoms with Crippen molar-refractivity contribution >= 4 is 33.3 Å². The van der Waals surface area contributed by atoms with Gasteiger partial charge in [-0.2, -0.15) is 0 Å². The van der Waals surface area contributed by atoms with E-state index in [9.17, 15) is 14.9 Å². The predicted molar refractivity (Wildman–Crippen MR) is 58.4 cm³/mol. The number of carbonyl (C=O) groups is 1. The van der Waals surface area contributed by atoms with Gasteiger partial charge in [-0.1, -0.05) is 21.1 Å². The van der Waals surface area contributed by atoms with Crippen LogP contribution in [-0.4, -0.2) is 21.4 Å².